The SMILES string of the molecule is OC(CC[C@H]1CC1(Cl)Cl)Cn1cncn1. The van der Waals surface area contributed by atoms with E-state index in [9.17, 15) is 5.11 Å². The summed E-state index contributed by atoms with van der Waals surface area (Å²) in [7, 11) is 0. The Hall–Kier alpha value is -0.320. The Kier molecular flexibility index (Phi) is 3.19. The first-order valence-corrected chi connectivity index (χ1v) is 5.72. The second-order valence-electron chi connectivity index (χ2n) is 4.01. The molecular formula is C9H13Cl2N3O. The van der Waals surface area contributed by atoms with Gasteiger partial charge in [0.15, 0.2) is 0 Å². The first-order valence-electron chi connectivity index (χ1n) is 4.96. The fourth-order valence-electron chi connectivity index (χ4n) is 1.61. The largest absolute Gasteiger partial charge is 0.391 e. The van der Waals surface area contributed by atoms with Crippen molar-refractivity contribution >= 4 is 23.2 Å². The number of nitrogens with zero attached hydrogens (tertiary/aromatic N) is 3. The molecule has 0 bridgehead atoms. The molecule has 6 heteroatoms. The molecular weight excluding hydrogens is 237 g/mol. The van der Waals surface area contributed by atoms with E-state index in [1.807, 2.05) is 0 Å². The molecule has 1 aromatic rings. The lowest BCUT2D eigenvalue weighted by atomic mass is 10.1. The van der Waals surface area contributed by atoms with Crippen molar-refractivity contribution in [3.8, 4) is 0 Å². The van der Waals surface area contributed by atoms with Crippen LogP contribution < -0.4 is 0 Å². The minimum absolute atomic E-state index is 0.339. The molecule has 0 spiro atoms. The summed E-state index contributed by atoms with van der Waals surface area (Å²) in [5.41, 5.74) is 0. The molecule has 0 aromatic carbocycles. The van der Waals surface area contributed by atoms with E-state index in [-0.39, 0.29) is 0 Å². The van der Waals surface area contributed by atoms with Gasteiger partial charge in [0, 0.05) is 0 Å². The smallest absolute Gasteiger partial charge is 0.137 e. The third kappa shape index (κ3) is 3.06. The van der Waals surface area contributed by atoms with Gasteiger partial charge in [-0.1, -0.05) is 0 Å². The maximum absolute atomic E-state index is 9.69. The number of halogens is 2. The highest BCUT2D eigenvalue weighted by Gasteiger charge is 2.50. The van der Waals surface area contributed by atoms with Gasteiger partial charge < -0.3 is 5.11 Å². The number of rotatable bonds is 5. The summed E-state index contributed by atoms with van der Waals surface area (Å²) in [6.07, 6.45) is 5.04. The monoisotopic (exact) mass is 249 g/mol. The van der Waals surface area contributed by atoms with Gasteiger partial charge in [-0.3, -0.25) is 4.68 Å². The maximum Gasteiger partial charge on any atom is 0.137 e. The average molecular weight is 250 g/mol. The Balaban J connectivity index is 1.67. The van der Waals surface area contributed by atoms with Crippen LogP contribution in [0.2, 0.25) is 0 Å². The van der Waals surface area contributed by atoms with Crippen molar-refractivity contribution in [1.82, 2.24) is 14.8 Å². The maximum atomic E-state index is 9.69. The van der Waals surface area contributed by atoms with Crippen LogP contribution in [0.5, 0.6) is 0 Å². The standard InChI is InChI=1S/C9H13Cl2N3O/c10-9(11)3-7(9)1-2-8(15)4-14-6-12-5-13-14/h5-8,15H,1-4H2/t7-,8?/m0/s1. The molecule has 0 aliphatic heterocycles. The summed E-state index contributed by atoms with van der Waals surface area (Å²) in [5.74, 6) is 0.339. The van der Waals surface area contributed by atoms with Gasteiger partial charge in [0.2, 0.25) is 0 Å². The van der Waals surface area contributed by atoms with Crippen LogP contribution >= 0.6 is 23.2 Å². The minimum atomic E-state index is -0.535. The zero-order chi connectivity index (χ0) is 10.9. The topological polar surface area (TPSA) is 50.9 Å². The van der Waals surface area contributed by atoms with Gasteiger partial charge in [0.1, 0.15) is 17.0 Å². The third-order valence-corrected chi connectivity index (χ3v) is 3.59. The third-order valence-electron chi connectivity index (χ3n) is 2.67. The van der Waals surface area contributed by atoms with Crippen LogP contribution in [0.1, 0.15) is 19.3 Å². The second kappa shape index (κ2) is 4.28. The molecule has 1 aliphatic rings. The molecule has 2 atom stereocenters. The molecule has 0 saturated heterocycles. The molecule has 0 amide bonds. The Labute approximate surface area is 98.2 Å². The van der Waals surface area contributed by atoms with Crippen LogP contribution in [0.25, 0.3) is 0 Å². The Bertz CT molecular complexity index is 315. The van der Waals surface area contributed by atoms with Crippen molar-refractivity contribution < 1.29 is 5.11 Å². The van der Waals surface area contributed by atoms with E-state index in [0.29, 0.717) is 18.9 Å². The lowest BCUT2D eigenvalue weighted by molar-refractivity contribution is 0.135. The van der Waals surface area contributed by atoms with Crippen LogP contribution in [-0.4, -0.2) is 30.3 Å². The van der Waals surface area contributed by atoms with Gasteiger partial charge in [0.25, 0.3) is 0 Å². The van der Waals surface area contributed by atoms with E-state index in [4.69, 9.17) is 23.2 Å². The number of hydrogen-bond acceptors (Lipinski definition) is 3. The van der Waals surface area contributed by atoms with Gasteiger partial charge in [-0.05, 0) is 25.2 Å². The van der Waals surface area contributed by atoms with Gasteiger partial charge in [0.05, 0.1) is 12.6 Å². The van der Waals surface area contributed by atoms with Crippen molar-refractivity contribution in [3.05, 3.63) is 12.7 Å². The molecule has 1 unspecified atom stereocenters. The zero-order valence-electron chi connectivity index (χ0n) is 8.18. The number of hydrogen-bond donors (Lipinski definition) is 1. The van der Waals surface area contributed by atoms with Gasteiger partial charge in [-0.15, -0.1) is 23.2 Å². The van der Waals surface area contributed by atoms with E-state index in [2.05, 4.69) is 10.1 Å². The highest BCUT2D eigenvalue weighted by atomic mass is 35.5. The molecule has 1 aliphatic carbocycles. The van der Waals surface area contributed by atoms with Gasteiger partial charge >= 0.3 is 0 Å². The molecule has 84 valence electrons. The summed E-state index contributed by atoms with van der Waals surface area (Å²) in [6.45, 7) is 0.476. The van der Waals surface area contributed by atoms with Crippen molar-refractivity contribution in [2.24, 2.45) is 5.92 Å². The fraction of sp³-hybridized carbons (Fsp3) is 0.778. The van der Waals surface area contributed by atoms with Crippen molar-refractivity contribution in [2.45, 2.75) is 36.2 Å². The second-order valence-corrected chi connectivity index (χ2v) is 5.55. The predicted molar refractivity (Wildman–Crippen MR) is 57.8 cm³/mol. The summed E-state index contributed by atoms with van der Waals surface area (Å²) in [5, 5.41) is 13.6. The van der Waals surface area contributed by atoms with Crippen LogP contribution in [0.15, 0.2) is 12.7 Å². The molecule has 15 heavy (non-hydrogen) atoms. The summed E-state index contributed by atoms with van der Waals surface area (Å²) < 4.78 is 1.08. The number of aliphatic hydroxyl groups excluding tert-OH is 1. The summed E-state index contributed by atoms with van der Waals surface area (Å²) in [6, 6.07) is 0. The molecule has 2 rings (SSSR count). The number of aliphatic hydroxyl groups is 1. The van der Waals surface area contributed by atoms with Crippen LogP contribution in [0.3, 0.4) is 0 Å². The Morgan fingerprint density at radius 1 is 1.60 bits per heavy atom. The Morgan fingerprint density at radius 3 is 2.87 bits per heavy atom. The fourth-order valence-corrected chi connectivity index (χ4v) is 2.20. The first kappa shape index (κ1) is 11.2. The van der Waals surface area contributed by atoms with E-state index in [1.54, 1.807) is 11.0 Å². The lowest BCUT2D eigenvalue weighted by Gasteiger charge is -2.09. The zero-order valence-corrected chi connectivity index (χ0v) is 9.69. The van der Waals surface area contributed by atoms with E-state index < -0.39 is 10.4 Å². The normalized spacial score (nSPS) is 25.1. The van der Waals surface area contributed by atoms with Gasteiger partial charge in [-0.2, -0.15) is 5.10 Å². The average Bonchev–Trinajstić information content (AvgIpc) is 2.62. The molecule has 1 fully saturated rings. The summed E-state index contributed by atoms with van der Waals surface area (Å²) in [4.78, 5) is 3.80. The summed E-state index contributed by atoms with van der Waals surface area (Å²) >= 11 is 11.8. The lowest BCUT2D eigenvalue weighted by Crippen LogP contribution is -2.16. The molecule has 1 saturated carbocycles. The van der Waals surface area contributed by atoms with Crippen LogP contribution in [0.4, 0.5) is 0 Å². The van der Waals surface area contributed by atoms with E-state index >= 15 is 0 Å². The van der Waals surface area contributed by atoms with Crippen LogP contribution in [0, 0.1) is 5.92 Å². The highest BCUT2D eigenvalue weighted by Crippen LogP contribution is 2.55. The van der Waals surface area contributed by atoms with E-state index in [1.165, 1.54) is 6.33 Å². The first-order chi connectivity index (χ1) is 7.08. The van der Waals surface area contributed by atoms with Crippen molar-refractivity contribution in [3.63, 3.8) is 0 Å². The molecule has 1 aromatic heterocycles. The van der Waals surface area contributed by atoms with Crippen LogP contribution in [-0.2, 0) is 6.54 Å². The van der Waals surface area contributed by atoms with Gasteiger partial charge in [-0.25, -0.2) is 4.98 Å². The quantitative estimate of drug-likeness (QED) is 0.808. The number of aromatic nitrogens is 3. The molecule has 1 N–H and O–H groups in total. The predicted octanol–water partition coefficient (Wildman–Crippen LogP) is 1.61. The highest BCUT2D eigenvalue weighted by molar-refractivity contribution is 6.50. The molecule has 1 heterocycles. The molecule has 0 radical (unpaired) electrons. The van der Waals surface area contributed by atoms with Crippen molar-refractivity contribution in [2.75, 3.05) is 0 Å². The van der Waals surface area contributed by atoms with Crippen molar-refractivity contribution in [1.29, 1.82) is 0 Å². The Morgan fingerprint density at radius 2 is 2.33 bits per heavy atom. The number of alkyl halides is 2. The van der Waals surface area contributed by atoms with E-state index in [0.717, 1.165) is 12.8 Å². The molecule has 4 nitrogen and oxygen atoms in total. The minimum Gasteiger partial charge on any atom is -0.391 e.